The molecule has 0 radical (unpaired) electrons. The number of sulfone groups is 1. The van der Waals surface area contributed by atoms with Gasteiger partial charge in [-0.05, 0) is 32.1 Å². The van der Waals surface area contributed by atoms with Crippen LogP contribution in [-0.2, 0) is 14.6 Å². The van der Waals surface area contributed by atoms with E-state index in [-0.39, 0.29) is 16.9 Å². The average Bonchev–Trinajstić information content (AvgIpc) is 2.98. The van der Waals surface area contributed by atoms with Crippen molar-refractivity contribution in [3.8, 4) is 0 Å². The smallest absolute Gasteiger partial charge is 0.237 e. The molecule has 1 aliphatic carbocycles. The van der Waals surface area contributed by atoms with Crippen molar-refractivity contribution >= 4 is 15.7 Å². The lowest BCUT2D eigenvalue weighted by Crippen LogP contribution is -2.42. The van der Waals surface area contributed by atoms with Crippen LogP contribution >= 0.6 is 0 Å². The van der Waals surface area contributed by atoms with Gasteiger partial charge in [0.25, 0.3) is 0 Å². The predicted molar refractivity (Wildman–Crippen MR) is 77.2 cm³/mol. The van der Waals surface area contributed by atoms with Gasteiger partial charge in [-0.15, -0.1) is 0 Å². The van der Waals surface area contributed by atoms with E-state index in [1.807, 2.05) is 0 Å². The van der Waals surface area contributed by atoms with Crippen LogP contribution in [0.1, 0.15) is 44.9 Å². The van der Waals surface area contributed by atoms with Gasteiger partial charge in [0.1, 0.15) is 5.75 Å². The third-order valence-electron chi connectivity index (χ3n) is 5.01. The number of carbonyl (C=O) groups excluding carboxylic acids is 1. The van der Waals surface area contributed by atoms with Gasteiger partial charge in [0, 0.05) is 25.2 Å². The summed E-state index contributed by atoms with van der Waals surface area (Å²) in [5.74, 6) is -0.471. The Labute approximate surface area is 121 Å². The Morgan fingerprint density at radius 3 is 2.50 bits per heavy atom. The molecule has 0 aromatic rings. The molecular weight excluding hydrogens is 276 g/mol. The van der Waals surface area contributed by atoms with Gasteiger partial charge < -0.3 is 10.2 Å². The number of rotatable bonds is 3. The van der Waals surface area contributed by atoms with E-state index in [4.69, 9.17) is 0 Å². The lowest BCUT2D eigenvalue weighted by Gasteiger charge is -2.24. The van der Waals surface area contributed by atoms with E-state index in [1.54, 1.807) is 4.90 Å². The van der Waals surface area contributed by atoms with Gasteiger partial charge in [-0.3, -0.25) is 4.79 Å². The summed E-state index contributed by atoms with van der Waals surface area (Å²) < 4.78 is 24.5. The second-order valence-electron chi connectivity index (χ2n) is 6.48. The quantitative estimate of drug-likeness (QED) is 0.833. The molecule has 2 bridgehead atoms. The number of fused-ring (bicyclic) bond motifs is 2. The van der Waals surface area contributed by atoms with Gasteiger partial charge in [0.05, 0.1) is 5.25 Å². The van der Waals surface area contributed by atoms with Crippen molar-refractivity contribution in [2.24, 2.45) is 0 Å². The maximum atomic E-state index is 12.3. The van der Waals surface area contributed by atoms with Gasteiger partial charge in [-0.1, -0.05) is 12.8 Å². The van der Waals surface area contributed by atoms with Gasteiger partial charge in [0.15, 0.2) is 9.84 Å². The summed E-state index contributed by atoms with van der Waals surface area (Å²) in [6.45, 7) is 1.38. The molecule has 2 unspecified atom stereocenters. The van der Waals surface area contributed by atoms with Crippen molar-refractivity contribution < 1.29 is 13.2 Å². The van der Waals surface area contributed by atoms with Crippen LogP contribution in [-0.4, -0.2) is 55.4 Å². The molecule has 2 saturated heterocycles. The molecule has 3 aliphatic rings. The lowest BCUT2D eigenvalue weighted by molar-refractivity contribution is -0.128. The van der Waals surface area contributed by atoms with Crippen LogP contribution in [0, 0.1) is 0 Å². The van der Waals surface area contributed by atoms with Crippen LogP contribution in [0.5, 0.6) is 0 Å². The average molecular weight is 300 g/mol. The first-order valence-electron chi connectivity index (χ1n) is 7.80. The number of nitrogens with zero attached hydrogens (tertiary/aromatic N) is 1. The molecule has 0 spiro atoms. The van der Waals surface area contributed by atoms with Gasteiger partial charge in [-0.25, -0.2) is 8.42 Å². The molecule has 0 aromatic heterocycles. The predicted octanol–water partition coefficient (Wildman–Crippen LogP) is 0.697. The van der Waals surface area contributed by atoms with E-state index in [2.05, 4.69) is 5.32 Å². The van der Waals surface area contributed by atoms with Gasteiger partial charge in [0.2, 0.25) is 5.91 Å². The Morgan fingerprint density at radius 1 is 1.05 bits per heavy atom. The first-order chi connectivity index (χ1) is 9.54. The van der Waals surface area contributed by atoms with Crippen molar-refractivity contribution in [1.29, 1.82) is 0 Å². The largest absolute Gasteiger partial charge is 0.340 e. The summed E-state index contributed by atoms with van der Waals surface area (Å²) in [5.41, 5.74) is 0. The molecule has 0 aromatic carbocycles. The monoisotopic (exact) mass is 300 g/mol. The summed E-state index contributed by atoms with van der Waals surface area (Å²) in [7, 11) is -3.25. The minimum absolute atomic E-state index is 0.189. The molecule has 20 heavy (non-hydrogen) atoms. The molecule has 5 nitrogen and oxygen atoms in total. The fourth-order valence-corrected chi connectivity index (χ4v) is 5.61. The highest BCUT2D eigenvalue weighted by molar-refractivity contribution is 7.92. The Balaban J connectivity index is 1.61. The Bertz CT molecular complexity index is 471. The standard InChI is InChI=1S/C14H24N2O3S/c17-14(10-20(18,19)13-3-1-2-4-13)16-8-7-11-5-6-12(9-16)15-11/h11-13,15H,1-10H2. The third-order valence-corrected chi connectivity index (χ3v) is 7.15. The summed E-state index contributed by atoms with van der Waals surface area (Å²) in [5, 5.41) is 3.24. The number of nitrogens with one attached hydrogen (secondary N) is 1. The highest BCUT2D eigenvalue weighted by atomic mass is 32.2. The normalized spacial score (nSPS) is 31.5. The minimum atomic E-state index is -3.25. The first kappa shape index (κ1) is 14.3. The number of carbonyl (C=O) groups is 1. The second kappa shape index (κ2) is 5.64. The van der Waals surface area contributed by atoms with Crippen molar-refractivity contribution in [2.45, 2.75) is 62.3 Å². The van der Waals surface area contributed by atoms with Crippen LogP contribution in [0.3, 0.4) is 0 Å². The minimum Gasteiger partial charge on any atom is -0.340 e. The second-order valence-corrected chi connectivity index (χ2v) is 8.76. The maximum Gasteiger partial charge on any atom is 0.237 e. The molecule has 1 saturated carbocycles. The zero-order valence-electron chi connectivity index (χ0n) is 11.9. The van der Waals surface area contributed by atoms with E-state index in [0.29, 0.717) is 25.2 Å². The van der Waals surface area contributed by atoms with Crippen LogP contribution < -0.4 is 5.32 Å². The number of hydrogen-bond donors (Lipinski definition) is 1. The molecule has 2 atom stereocenters. The van der Waals surface area contributed by atoms with Crippen molar-refractivity contribution in [3.63, 3.8) is 0 Å². The van der Waals surface area contributed by atoms with Crippen molar-refractivity contribution in [3.05, 3.63) is 0 Å². The number of likely N-dealkylation sites (tertiary alicyclic amines) is 1. The molecule has 3 fully saturated rings. The van der Waals surface area contributed by atoms with Crippen LogP contribution in [0.2, 0.25) is 0 Å². The van der Waals surface area contributed by atoms with E-state index in [9.17, 15) is 13.2 Å². The van der Waals surface area contributed by atoms with E-state index in [0.717, 1.165) is 38.5 Å². The van der Waals surface area contributed by atoms with Crippen molar-refractivity contribution in [2.75, 3.05) is 18.8 Å². The van der Waals surface area contributed by atoms with Crippen molar-refractivity contribution in [1.82, 2.24) is 10.2 Å². The SMILES string of the molecule is O=C(CS(=O)(=O)C1CCCC1)N1CCC2CCC(C1)N2. The molecular formula is C14H24N2O3S. The van der Waals surface area contributed by atoms with E-state index >= 15 is 0 Å². The van der Waals surface area contributed by atoms with Gasteiger partial charge >= 0.3 is 0 Å². The highest BCUT2D eigenvalue weighted by Gasteiger charge is 2.35. The Morgan fingerprint density at radius 2 is 1.75 bits per heavy atom. The molecule has 2 aliphatic heterocycles. The topological polar surface area (TPSA) is 66.5 Å². The zero-order valence-corrected chi connectivity index (χ0v) is 12.7. The fourth-order valence-electron chi connectivity index (χ4n) is 3.80. The van der Waals surface area contributed by atoms with Crippen LogP contribution in [0.4, 0.5) is 0 Å². The Hall–Kier alpha value is -0.620. The summed E-state index contributed by atoms with van der Waals surface area (Å²) in [6.07, 6.45) is 6.68. The molecule has 2 heterocycles. The third kappa shape index (κ3) is 3.01. The molecule has 1 N–H and O–H groups in total. The van der Waals surface area contributed by atoms with Crippen LogP contribution in [0.25, 0.3) is 0 Å². The van der Waals surface area contributed by atoms with E-state index in [1.165, 1.54) is 6.42 Å². The molecule has 6 heteroatoms. The first-order valence-corrected chi connectivity index (χ1v) is 9.51. The summed E-state index contributed by atoms with van der Waals surface area (Å²) in [4.78, 5) is 14.1. The van der Waals surface area contributed by atoms with Gasteiger partial charge in [-0.2, -0.15) is 0 Å². The maximum absolute atomic E-state index is 12.3. The van der Waals surface area contributed by atoms with E-state index < -0.39 is 9.84 Å². The fraction of sp³-hybridized carbons (Fsp3) is 0.929. The lowest BCUT2D eigenvalue weighted by atomic mass is 10.1. The number of hydrogen-bond acceptors (Lipinski definition) is 4. The summed E-state index contributed by atoms with van der Waals surface area (Å²) in [6, 6.07) is 0.880. The highest BCUT2D eigenvalue weighted by Crippen LogP contribution is 2.26. The zero-order chi connectivity index (χ0) is 14.2. The Kier molecular flexibility index (Phi) is 4.04. The summed E-state index contributed by atoms with van der Waals surface area (Å²) >= 11 is 0. The van der Waals surface area contributed by atoms with Crippen LogP contribution in [0.15, 0.2) is 0 Å². The molecule has 1 amide bonds. The molecule has 114 valence electrons. The molecule has 3 rings (SSSR count). The number of amides is 1.